The number of nitrogens with one attached hydrogen (secondary N) is 1. The van der Waals surface area contributed by atoms with Crippen molar-refractivity contribution in [2.24, 2.45) is 7.05 Å². The zero-order valence-corrected chi connectivity index (χ0v) is 14.5. The van der Waals surface area contributed by atoms with Crippen molar-refractivity contribution in [1.82, 2.24) is 14.5 Å². The lowest BCUT2D eigenvalue weighted by Gasteiger charge is -2.00. The molecule has 0 saturated heterocycles. The third-order valence-corrected chi connectivity index (χ3v) is 4.43. The molecule has 1 aromatic carbocycles. The van der Waals surface area contributed by atoms with Crippen molar-refractivity contribution in [1.29, 1.82) is 0 Å². The van der Waals surface area contributed by atoms with E-state index < -0.39 is 15.9 Å². The van der Waals surface area contributed by atoms with Crippen LogP contribution >= 0.6 is 0 Å². The second-order valence-electron chi connectivity index (χ2n) is 5.27. The van der Waals surface area contributed by atoms with Crippen molar-refractivity contribution >= 4 is 28.1 Å². The number of amides is 1. The van der Waals surface area contributed by atoms with Gasteiger partial charge in [-0.25, -0.2) is 13.1 Å². The van der Waals surface area contributed by atoms with Crippen molar-refractivity contribution in [3.05, 3.63) is 64.3 Å². The first-order valence-corrected chi connectivity index (χ1v) is 8.81. The Hall–Kier alpha value is -2.67. The number of sulfonamides is 1. The maximum atomic E-state index is 11.9. The summed E-state index contributed by atoms with van der Waals surface area (Å²) in [4.78, 5) is 11.8. The summed E-state index contributed by atoms with van der Waals surface area (Å²) < 4.78 is 27.5. The van der Waals surface area contributed by atoms with Crippen LogP contribution in [0.3, 0.4) is 0 Å². The van der Waals surface area contributed by atoms with E-state index in [4.69, 9.17) is 0 Å². The zero-order valence-electron chi connectivity index (χ0n) is 13.7. The van der Waals surface area contributed by atoms with Gasteiger partial charge >= 0.3 is 0 Å². The molecule has 0 aliphatic rings. The lowest BCUT2D eigenvalue weighted by atomic mass is 10.2. The highest BCUT2D eigenvalue weighted by molar-refractivity contribution is 7.93. The average molecular weight is 345 g/mol. The van der Waals surface area contributed by atoms with Gasteiger partial charge in [0.25, 0.3) is 15.9 Å². The van der Waals surface area contributed by atoms with E-state index in [0.717, 1.165) is 27.9 Å². The topological polar surface area (TPSA) is 81.1 Å². The van der Waals surface area contributed by atoms with Gasteiger partial charge in [-0.15, -0.1) is 0 Å². The molecule has 1 amide bonds. The predicted octanol–water partition coefficient (Wildman–Crippen LogP) is 2.17. The number of carbonyl (C=O) groups is 1. The molecule has 0 unspecified atom stereocenters. The highest BCUT2D eigenvalue weighted by Gasteiger charge is 2.10. The van der Waals surface area contributed by atoms with E-state index in [-0.39, 0.29) is 0 Å². The van der Waals surface area contributed by atoms with Gasteiger partial charge < -0.3 is 0 Å². The average Bonchev–Trinajstić information content (AvgIpc) is 2.77. The molecule has 6 nitrogen and oxygen atoms in total. The fraction of sp³-hybridized carbons (Fsp3) is 0.176. The van der Waals surface area contributed by atoms with Crippen LogP contribution in [0.1, 0.15) is 22.5 Å². The van der Waals surface area contributed by atoms with Gasteiger partial charge in [-0.3, -0.25) is 9.48 Å². The fourth-order valence-corrected chi connectivity index (χ4v) is 2.88. The van der Waals surface area contributed by atoms with E-state index in [0.29, 0.717) is 0 Å². The predicted molar refractivity (Wildman–Crippen MR) is 94.3 cm³/mol. The molecular weight excluding hydrogens is 326 g/mol. The third-order valence-electron chi connectivity index (χ3n) is 3.45. The molecule has 0 bridgehead atoms. The number of rotatable bonds is 5. The highest BCUT2D eigenvalue weighted by Crippen LogP contribution is 2.13. The Balaban J connectivity index is 2.05. The molecule has 7 heteroatoms. The summed E-state index contributed by atoms with van der Waals surface area (Å²) in [6.07, 6.45) is 4.17. The minimum absolute atomic E-state index is 0.713. The molecule has 0 saturated carbocycles. The maximum absolute atomic E-state index is 11.9. The molecule has 1 aromatic heterocycles. The summed E-state index contributed by atoms with van der Waals surface area (Å²) in [6, 6.07) is 8.96. The summed E-state index contributed by atoms with van der Waals surface area (Å²) in [6.45, 7) is 3.70. The summed E-state index contributed by atoms with van der Waals surface area (Å²) in [5, 5.41) is 5.20. The van der Waals surface area contributed by atoms with Crippen molar-refractivity contribution < 1.29 is 13.2 Å². The first-order chi connectivity index (χ1) is 11.3. The Morgan fingerprint density at radius 2 is 1.83 bits per heavy atom. The number of aromatic nitrogens is 2. The zero-order chi connectivity index (χ0) is 17.7. The number of aryl methyl sites for hydroxylation is 2. The molecular formula is C17H19N3O3S. The molecule has 1 heterocycles. The van der Waals surface area contributed by atoms with E-state index >= 15 is 0 Å². The van der Waals surface area contributed by atoms with Crippen LogP contribution in [0, 0.1) is 13.8 Å². The summed E-state index contributed by atoms with van der Waals surface area (Å²) in [5.74, 6) is -0.713. The van der Waals surface area contributed by atoms with E-state index in [9.17, 15) is 13.2 Å². The van der Waals surface area contributed by atoms with Gasteiger partial charge in [0.15, 0.2) is 0 Å². The van der Waals surface area contributed by atoms with E-state index in [2.05, 4.69) is 5.10 Å². The third kappa shape index (κ3) is 4.66. The highest BCUT2D eigenvalue weighted by atomic mass is 32.2. The van der Waals surface area contributed by atoms with E-state index in [1.807, 2.05) is 24.6 Å². The molecule has 0 aliphatic heterocycles. The molecule has 2 rings (SSSR count). The molecule has 0 fully saturated rings. The lowest BCUT2D eigenvalue weighted by Crippen LogP contribution is -2.26. The first-order valence-electron chi connectivity index (χ1n) is 7.27. The van der Waals surface area contributed by atoms with Crippen molar-refractivity contribution in [2.75, 3.05) is 0 Å². The number of nitrogens with zero attached hydrogens (tertiary/aromatic N) is 2. The van der Waals surface area contributed by atoms with E-state index in [1.54, 1.807) is 42.1 Å². The van der Waals surface area contributed by atoms with Gasteiger partial charge in [0.1, 0.15) is 0 Å². The molecule has 24 heavy (non-hydrogen) atoms. The number of benzene rings is 1. The van der Waals surface area contributed by atoms with Gasteiger partial charge in [0.05, 0.1) is 11.1 Å². The van der Waals surface area contributed by atoms with Crippen LogP contribution in [-0.2, 0) is 21.9 Å². The Morgan fingerprint density at radius 1 is 1.17 bits per heavy atom. The quantitative estimate of drug-likeness (QED) is 0.842. The number of carbonyl (C=O) groups excluding carboxylic acids is 1. The number of hydrogen-bond acceptors (Lipinski definition) is 4. The lowest BCUT2D eigenvalue weighted by molar-refractivity contribution is -0.114. The Labute approximate surface area is 141 Å². The van der Waals surface area contributed by atoms with Crippen LogP contribution in [-0.4, -0.2) is 24.1 Å². The Morgan fingerprint density at radius 3 is 2.42 bits per heavy atom. The standard InChI is InChI=1S/C17H19N3O3S/c1-13-16(14(2)20(3)18-13)9-10-17(21)19-24(22,23)12-11-15-7-5-4-6-8-15/h4-12H,1-3H3,(H,19,21)/b10-9-,12-11+. The van der Waals surface area contributed by atoms with Crippen LogP contribution in [0.15, 0.2) is 41.8 Å². The molecule has 0 atom stereocenters. The smallest absolute Gasteiger partial charge is 0.257 e. The van der Waals surface area contributed by atoms with Crippen LogP contribution < -0.4 is 4.72 Å². The minimum Gasteiger partial charge on any atom is -0.272 e. The summed E-state index contributed by atoms with van der Waals surface area (Å²) in [7, 11) is -2.05. The van der Waals surface area contributed by atoms with Gasteiger partial charge in [-0.2, -0.15) is 5.10 Å². The maximum Gasteiger partial charge on any atom is 0.257 e. The molecule has 2 aromatic rings. The van der Waals surface area contributed by atoms with Crippen LogP contribution in [0.2, 0.25) is 0 Å². The summed E-state index contributed by atoms with van der Waals surface area (Å²) >= 11 is 0. The van der Waals surface area contributed by atoms with Crippen LogP contribution in [0.25, 0.3) is 12.2 Å². The molecule has 0 aliphatic carbocycles. The van der Waals surface area contributed by atoms with Crippen LogP contribution in [0.5, 0.6) is 0 Å². The summed E-state index contributed by atoms with van der Waals surface area (Å²) in [5.41, 5.74) is 3.19. The van der Waals surface area contributed by atoms with Gasteiger partial charge in [-0.05, 0) is 31.6 Å². The normalized spacial score (nSPS) is 12.1. The SMILES string of the molecule is Cc1nn(C)c(C)c1/C=C\C(=O)NS(=O)(=O)/C=C/c1ccccc1. The number of hydrogen-bond donors (Lipinski definition) is 1. The van der Waals surface area contributed by atoms with Gasteiger partial charge in [0.2, 0.25) is 0 Å². The first kappa shape index (κ1) is 17.7. The largest absolute Gasteiger partial charge is 0.272 e. The second kappa shape index (κ2) is 7.27. The van der Waals surface area contributed by atoms with Gasteiger partial charge in [-0.1, -0.05) is 30.3 Å². The Kier molecular flexibility index (Phi) is 5.35. The molecule has 0 spiro atoms. The second-order valence-corrected chi connectivity index (χ2v) is 6.83. The van der Waals surface area contributed by atoms with Crippen molar-refractivity contribution in [2.45, 2.75) is 13.8 Å². The molecule has 1 N–H and O–H groups in total. The van der Waals surface area contributed by atoms with Crippen LogP contribution in [0.4, 0.5) is 0 Å². The molecule has 0 radical (unpaired) electrons. The fourth-order valence-electron chi connectivity index (χ4n) is 2.13. The monoisotopic (exact) mass is 345 g/mol. The minimum atomic E-state index is -3.85. The van der Waals surface area contributed by atoms with Crippen molar-refractivity contribution in [3.8, 4) is 0 Å². The Bertz CT molecular complexity index is 895. The molecule has 126 valence electrons. The van der Waals surface area contributed by atoms with E-state index in [1.165, 1.54) is 12.2 Å². The van der Waals surface area contributed by atoms with Crippen molar-refractivity contribution in [3.63, 3.8) is 0 Å². The van der Waals surface area contributed by atoms with Gasteiger partial charge in [0, 0.05) is 24.4 Å².